The quantitative estimate of drug-likeness (QED) is 0.704. The van der Waals surface area contributed by atoms with Crippen molar-refractivity contribution in [2.75, 3.05) is 20.3 Å². The van der Waals surface area contributed by atoms with Gasteiger partial charge in [-0.2, -0.15) is 0 Å². The Kier molecular flexibility index (Phi) is 7.90. The van der Waals surface area contributed by atoms with Gasteiger partial charge in [0.05, 0.1) is 12.5 Å². The van der Waals surface area contributed by atoms with Gasteiger partial charge in [-0.25, -0.2) is 0 Å². The molecule has 1 aromatic heterocycles. The fourth-order valence-electron chi connectivity index (χ4n) is 3.64. The topological polar surface area (TPSA) is 67.4 Å². The molecule has 0 aliphatic heterocycles. The fraction of sp³-hybridized carbons (Fsp3) is 0.684. The number of hydrogen-bond donors (Lipinski definition) is 2. The van der Waals surface area contributed by atoms with Crippen LogP contribution in [-0.4, -0.2) is 32.1 Å². The summed E-state index contributed by atoms with van der Waals surface area (Å²) in [5, 5.41) is 7.97. The van der Waals surface area contributed by atoms with Crippen molar-refractivity contribution >= 4 is 23.2 Å². The van der Waals surface area contributed by atoms with Crippen LogP contribution in [-0.2, 0) is 14.3 Å². The lowest BCUT2D eigenvalue weighted by atomic mass is 9.72. The van der Waals surface area contributed by atoms with Crippen LogP contribution in [0.5, 0.6) is 0 Å². The average molecular weight is 367 g/mol. The van der Waals surface area contributed by atoms with Gasteiger partial charge in [-0.3, -0.25) is 9.59 Å². The van der Waals surface area contributed by atoms with E-state index in [1.54, 1.807) is 18.4 Å². The lowest BCUT2D eigenvalue weighted by Crippen LogP contribution is -2.41. The van der Waals surface area contributed by atoms with Gasteiger partial charge in [-0.1, -0.05) is 25.3 Å². The molecule has 2 amide bonds. The van der Waals surface area contributed by atoms with Crippen LogP contribution < -0.4 is 10.6 Å². The van der Waals surface area contributed by atoms with Crippen molar-refractivity contribution < 1.29 is 14.3 Å². The Morgan fingerprint density at radius 1 is 1.32 bits per heavy atom. The summed E-state index contributed by atoms with van der Waals surface area (Å²) in [5.74, 6) is -0.121. The normalized spacial score (nSPS) is 17.7. The maximum atomic E-state index is 12.5. The summed E-state index contributed by atoms with van der Waals surface area (Å²) in [6, 6.07) is 3.65. The molecule has 0 radical (unpaired) electrons. The summed E-state index contributed by atoms with van der Waals surface area (Å²) in [6.45, 7) is 2.92. The Morgan fingerprint density at radius 2 is 2.08 bits per heavy atom. The van der Waals surface area contributed by atoms with Crippen molar-refractivity contribution in [2.45, 2.75) is 57.9 Å². The van der Waals surface area contributed by atoms with Gasteiger partial charge in [-0.15, -0.1) is 11.3 Å². The molecule has 0 aromatic carbocycles. The molecular formula is C19H30N2O3S. The average Bonchev–Trinajstić information content (AvgIpc) is 3.13. The second kappa shape index (κ2) is 9.92. The number of rotatable bonds is 9. The summed E-state index contributed by atoms with van der Waals surface area (Å²) in [7, 11) is 1.73. The lowest BCUT2D eigenvalue weighted by Gasteiger charge is -2.37. The predicted octanol–water partition coefficient (Wildman–Crippen LogP) is 3.42. The van der Waals surface area contributed by atoms with Crippen LogP contribution in [0, 0.1) is 5.41 Å². The van der Waals surface area contributed by atoms with E-state index < -0.39 is 0 Å². The second-order valence-corrected chi connectivity index (χ2v) is 8.03. The highest BCUT2D eigenvalue weighted by atomic mass is 32.1. The first kappa shape index (κ1) is 19.9. The molecule has 25 heavy (non-hydrogen) atoms. The Labute approximate surface area is 154 Å². The molecule has 1 atom stereocenters. The van der Waals surface area contributed by atoms with Gasteiger partial charge in [0.2, 0.25) is 11.8 Å². The third kappa shape index (κ3) is 6.44. The molecule has 140 valence electrons. The number of carbonyl (C=O) groups is 2. The van der Waals surface area contributed by atoms with Crippen molar-refractivity contribution in [1.82, 2.24) is 10.6 Å². The number of ether oxygens (including phenoxy) is 1. The van der Waals surface area contributed by atoms with Gasteiger partial charge in [0.1, 0.15) is 0 Å². The van der Waals surface area contributed by atoms with Crippen LogP contribution in [0.4, 0.5) is 0 Å². The van der Waals surface area contributed by atoms with E-state index in [2.05, 4.69) is 10.6 Å². The minimum atomic E-state index is -0.251. The molecule has 2 rings (SSSR count). The van der Waals surface area contributed by atoms with E-state index in [0.29, 0.717) is 6.54 Å². The van der Waals surface area contributed by atoms with Crippen LogP contribution in [0.2, 0.25) is 0 Å². The first-order chi connectivity index (χ1) is 12.0. The first-order valence-corrected chi connectivity index (χ1v) is 9.99. The molecular weight excluding hydrogens is 336 g/mol. The molecule has 1 aliphatic carbocycles. The first-order valence-electron chi connectivity index (χ1n) is 9.11. The van der Waals surface area contributed by atoms with Crippen LogP contribution in [0.1, 0.15) is 62.8 Å². The van der Waals surface area contributed by atoms with Gasteiger partial charge in [0, 0.05) is 32.1 Å². The standard InChI is InChI=1S/C19H30N2O3S/c1-15(22)21-16(17-7-6-12-25-17)13-18(23)20-14-19(10-11-24-2)8-4-3-5-9-19/h6-7,12,16H,3-5,8-11,13-14H2,1-2H3,(H,20,23)(H,21,22). The minimum absolute atomic E-state index is 0.00508. The monoisotopic (exact) mass is 366 g/mol. The van der Waals surface area contributed by atoms with Crippen molar-refractivity contribution in [3.8, 4) is 0 Å². The molecule has 1 aromatic rings. The molecule has 1 aliphatic rings. The molecule has 1 saturated carbocycles. The molecule has 1 unspecified atom stereocenters. The molecule has 0 saturated heterocycles. The summed E-state index contributed by atoms with van der Waals surface area (Å²) in [4.78, 5) is 25.0. The Hall–Kier alpha value is -1.40. The summed E-state index contributed by atoms with van der Waals surface area (Å²) < 4.78 is 5.27. The van der Waals surface area contributed by atoms with E-state index in [1.807, 2.05) is 17.5 Å². The number of hydrogen-bond acceptors (Lipinski definition) is 4. The van der Waals surface area contributed by atoms with E-state index in [-0.39, 0.29) is 29.7 Å². The van der Waals surface area contributed by atoms with E-state index in [4.69, 9.17) is 4.74 Å². The maximum Gasteiger partial charge on any atom is 0.222 e. The fourth-order valence-corrected chi connectivity index (χ4v) is 4.41. The van der Waals surface area contributed by atoms with Gasteiger partial charge >= 0.3 is 0 Å². The second-order valence-electron chi connectivity index (χ2n) is 7.05. The van der Waals surface area contributed by atoms with Gasteiger partial charge in [-0.05, 0) is 36.1 Å². The van der Waals surface area contributed by atoms with Gasteiger partial charge < -0.3 is 15.4 Å². The van der Waals surface area contributed by atoms with Crippen molar-refractivity contribution in [3.63, 3.8) is 0 Å². The predicted molar refractivity (Wildman–Crippen MR) is 101 cm³/mol. The Balaban J connectivity index is 1.91. The van der Waals surface area contributed by atoms with E-state index in [1.165, 1.54) is 26.2 Å². The van der Waals surface area contributed by atoms with Crippen molar-refractivity contribution in [2.24, 2.45) is 5.41 Å². The molecule has 5 nitrogen and oxygen atoms in total. The minimum Gasteiger partial charge on any atom is -0.385 e. The summed E-state index contributed by atoms with van der Waals surface area (Å²) in [5.41, 5.74) is 0.163. The van der Waals surface area contributed by atoms with Crippen LogP contribution in [0.15, 0.2) is 17.5 Å². The number of thiophene rings is 1. The number of methoxy groups -OCH3 is 1. The Morgan fingerprint density at radius 3 is 2.68 bits per heavy atom. The molecule has 6 heteroatoms. The SMILES string of the molecule is COCCC1(CNC(=O)CC(NC(C)=O)c2cccs2)CCCCC1. The van der Waals surface area contributed by atoms with Crippen LogP contribution >= 0.6 is 11.3 Å². The highest BCUT2D eigenvalue weighted by molar-refractivity contribution is 7.10. The molecule has 1 fully saturated rings. The Bertz CT molecular complexity index is 539. The molecule has 0 bridgehead atoms. The molecule has 0 spiro atoms. The zero-order valence-electron chi connectivity index (χ0n) is 15.3. The summed E-state index contributed by atoms with van der Waals surface area (Å²) >= 11 is 1.56. The van der Waals surface area contributed by atoms with E-state index >= 15 is 0 Å². The smallest absolute Gasteiger partial charge is 0.222 e. The number of carbonyl (C=O) groups excluding carboxylic acids is 2. The van der Waals surface area contributed by atoms with E-state index in [0.717, 1.165) is 30.7 Å². The number of nitrogens with one attached hydrogen (secondary N) is 2. The third-order valence-electron chi connectivity index (χ3n) is 5.06. The van der Waals surface area contributed by atoms with Gasteiger partial charge in [0.15, 0.2) is 0 Å². The van der Waals surface area contributed by atoms with Crippen molar-refractivity contribution in [1.29, 1.82) is 0 Å². The zero-order valence-corrected chi connectivity index (χ0v) is 16.1. The zero-order chi connectivity index (χ0) is 18.1. The molecule has 1 heterocycles. The summed E-state index contributed by atoms with van der Waals surface area (Å²) in [6.07, 6.45) is 7.30. The molecule has 2 N–H and O–H groups in total. The van der Waals surface area contributed by atoms with Crippen LogP contribution in [0.3, 0.4) is 0 Å². The van der Waals surface area contributed by atoms with Crippen molar-refractivity contribution in [3.05, 3.63) is 22.4 Å². The van der Waals surface area contributed by atoms with Gasteiger partial charge in [0.25, 0.3) is 0 Å². The number of amides is 2. The lowest BCUT2D eigenvalue weighted by molar-refractivity contribution is -0.123. The highest BCUT2D eigenvalue weighted by Crippen LogP contribution is 2.38. The van der Waals surface area contributed by atoms with Crippen LogP contribution in [0.25, 0.3) is 0 Å². The maximum absolute atomic E-state index is 12.5. The van der Waals surface area contributed by atoms with E-state index in [9.17, 15) is 9.59 Å². The third-order valence-corrected chi connectivity index (χ3v) is 6.05. The highest BCUT2D eigenvalue weighted by Gasteiger charge is 2.32. The largest absolute Gasteiger partial charge is 0.385 e.